The van der Waals surface area contributed by atoms with E-state index in [0.29, 0.717) is 22.8 Å². The van der Waals surface area contributed by atoms with Crippen LogP contribution >= 0.6 is 0 Å². The summed E-state index contributed by atoms with van der Waals surface area (Å²) in [5.41, 5.74) is 1.48. The lowest BCUT2D eigenvalue weighted by molar-refractivity contribution is 0.0984. The zero-order valence-electron chi connectivity index (χ0n) is 13.2. The summed E-state index contributed by atoms with van der Waals surface area (Å²) in [6.45, 7) is 0. The zero-order valence-corrected chi connectivity index (χ0v) is 13.2. The fraction of sp³-hybridized carbons (Fsp3) is 0.111. The number of carbonyl (C=O) groups excluding carboxylic acids is 1. The lowest BCUT2D eigenvalue weighted by atomic mass is 10.1. The highest BCUT2D eigenvalue weighted by atomic mass is 19.1. The molecule has 2 aromatic carbocycles. The number of methoxy groups -OCH3 is 1. The lowest BCUT2D eigenvalue weighted by Crippen LogP contribution is -2.26. The van der Waals surface area contributed by atoms with E-state index in [-0.39, 0.29) is 17.4 Å². The molecule has 0 saturated carbocycles. The van der Waals surface area contributed by atoms with Crippen molar-refractivity contribution in [3.63, 3.8) is 0 Å². The van der Waals surface area contributed by atoms with Gasteiger partial charge in [-0.1, -0.05) is 11.2 Å². The van der Waals surface area contributed by atoms with Crippen molar-refractivity contribution in [1.29, 1.82) is 0 Å². The number of nitrogens with zero attached hydrogens (tertiary/aromatic N) is 2. The van der Waals surface area contributed by atoms with E-state index >= 15 is 0 Å². The molecule has 3 aromatic rings. The molecule has 0 saturated heterocycles. The summed E-state index contributed by atoms with van der Waals surface area (Å²) in [4.78, 5) is 14.0. The molecule has 0 radical (unpaired) electrons. The number of anilines is 1. The molecule has 0 aliphatic carbocycles. The Morgan fingerprint density at radius 2 is 1.92 bits per heavy atom. The van der Waals surface area contributed by atoms with Crippen molar-refractivity contribution in [2.75, 3.05) is 19.1 Å². The summed E-state index contributed by atoms with van der Waals surface area (Å²) in [6.07, 6.45) is 0. The Morgan fingerprint density at radius 1 is 1.17 bits per heavy atom. The molecule has 5 nitrogen and oxygen atoms in total. The molecular weight excluding hydrogens is 311 g/mol. The molecule has 3 rings (SSSR count). The molecule has 0 aliphatic rings. The molecule has 0 atom stereocenters. The molecule has 0 aliphatic heterocycles. The Bertz CT molecular complexity index is 859. The van der Waals surface area contributed by atoms with Crippen LogP contribution < -0.4 is 9.64 Å². The van der Waals surface area contributed by atoms with E-state index in [0.717, 1.165) is 0 Å². The highest BCUT2D eigenvalue weighted by molar-refractivity contribution is 6.04. The van der Waals surface area contributed by atoms with Gasteiger partial charge in [0.1, 0.15) is 11.6 Å². The number of benzene rings is 2. The molecule has 0 unspecified atom stereocenters. The van der Waals surface area contributed by atoms with E-state index in [2.05, 4.69) is 5.16 Å². The molecule has 1 amide bonds. The van der Waals surface area contributed by atoms with Gasteiger partial charge in [0, 0.05) is 30.4 Å². The lowest BCUT2D eigenvalue weighted by Gasteiger charge is -2.16. The molecule has 1 heterocycles. The molecular formula is C18H15FN2O3. The van der Waals surface area contributed by atoms with Crippen LogP contribution in [-0.4, -0.2) is 25.2 Å². The normalized spacial score (nSPS) is 10.5. The van der Waals surface area contributed by atoms with Gasteiger partial charge in [-0.2, -0.15) is 0 Å². The third-order valence-electron chi connectivity index (χ3n) is 3.60. The van der Waals surface area contributed by atoms with E-state index in [1.54, 1.807) is 50.6 Å². The average molecular weight is 326 g/mol. The van der Waals surface area contributed by atoms with Crippen molar-refractivity contribution in [1.82, 2.24) is 5.16 Å². The summed E-state index contributed by atoms with van der Waals surface area (Å²) in [5.74, 6) is 0.393. The van der Waals surface area contributed by atoms with Crippen molar-refractivity contribution >= 4 is 11.6 Å². The predicted octanol–water partition coefficient (Wildman–Crippen LogP) is 3.77. The number of carbonyl (C=O) groups is 1. The summed E-state index contributed by atoms with van der Waals surface area (Å²) in [7, 11) is 3.21. The number of halogens is 1. The summed E-state index contributed by atoms with van der Waals surface area (Å²) < 4.78 is 23.3. The van der Waals surface area contributed by atoms with Crippen LogP contribution in [0.3, 0.4) is 0 Å². The van der Waals surface area contributed by atoms with Gasteiger partial charge in [0.15, 0.2) is 11.5 Å². The van der Waals surface area contributed by atoms with Gasteiger partial charge in [0.25, 0.3) is 5.91 Å². The van der Waals surface area contributed by atoms with Gasteiger partial charge >= 0.3 is 0 Å². The molecule has 6 heteroatoms. The Morgan fingerprint density at radius 3 is 2.62 bits per heavy atom. The van der Waals surface area contributed by atoms with Crippen molar-refractivity contribution in [2.45, 2.75) is 0 Å². The van der Waals surface area contributed by atoms with E-state index in [9.17, 15) is 9.18 Å². The van der Waals surface area contributed by atoms with Crippen molar-refractivity contribution in [2.24, 2.45) is 0 Å². The monoisotopic (exact) mass is 326 g/mol. The quantitative estimate of drug-likeness (QED) is 0.732. The van der Waals surface area contributed by atoms with Gasteiger partial charge < -0.3 is 14.2 Å². The minimum atomic E-state index is -0.340. The van der Waals surface area contributed by atoms with Gasteiger partial charge in [-0.05, 0) is 36.4 Å². The van der Waals surface area contributed by atoms with E-state index in [1.165, 1.54) is 23.1 Å². The van der Waals surface area contributed by atoms with E-state index < -0.39 is 0 Å². The van der Waals surface area contributed by atoms with Crippen LogP contribution in [-0.2, 0) is 0 Å². The Kier molecular flexibility index (Phi) is 4.29. The van der Waals surface area contributed by atoms with Crippen LogP contribution in [0, 0.1) is 5.82 Å². The maximum atomic E-state index is 13.0. The maximum absolute atomic E-state index is 13.0. The fourth-order valence-electron chi connectivity index (χ4n) is 2.23. The van der Waals surface area contributed by atoms with Crippen LogP contribution in [0.4, 0.5) is 10.1 Å². The molecule has 0 spiro atoms. The average Bonchev–Trinajstić information content (AvgIpc) is 3.11. The maximum Gasteiger partial charge on any atom is 0.280 e. The van der Waals surface area contributed by atoms with E-state index in [1.807, 2.05) is 0 Å². The van der Waals surface area contributed by atoms with Crippen molar-refractivity contribution < 1.29 is 18.4 Å². The third kappa shape index (κ3) is 3.12. The topological polar surface area (TPSA) is 55.6 Å². The largest absolute Gasteiger partial charge is 0.497 e. The molecule has 0 bridgehead atoms. The molecule has 1 aromatic heterocycles. The molecule has 24 heavy (non-hydrogen) atoms. The predicted molar refractivity (Wildman–Crippen MR) is 87.6 cm³/mol. The SMILES string of the molecule is COc1cccc(N(C)C(=O)c2cc(-c3ccc(F)cc3)on2)c1. The second-order valence-corrected chi connectivity index (χ2v) is 5.15. The van der Waals surface area contributed by atoms with Crippen LogP contribution in [0.2, 0.25) is 0 Å². The second kappa shape index (κ2) is 6.54. The first-order valence-corrected chi connectivity index (χ1v) is 7.23. The van der Waals surface area contributed by atoms with Crippen molar-refractivity contribution in [3.05, 3.63) is 66.1 Å². The van der Waals surface area contributed by atoms with Crippen molar-refractivity contribution in [3.8, 4) is 17.1 Å². The smallest absolute Gasteiger partial charge is 0.280 e. The summed E-state index contributed by atoms with van der Waals surface area (Å²) in [5, 5.41) is 3.81. The standard InChI is InChI=1S/C18H15FN2O3/c1-21(14-4-3-5-15(10-14)23-2)18(22)16-11-17(24-20-16)12-6-8-13(19)9-7-12/h3-11H,1-2H3. The number of rotatable bonds is 4. The van der Waals surface area contributed by atoms with Gasteiger partial charge in [-0.25, -0.2) is 4.39 Å². The minimum absolute atomic E-state index is 0.166. The first-order valence-electron chi connectivity index (χ1n) is 7.23. The highest BCUT2D eigenvalue weighted by Crippen LogP contribution is 2.24. The first-order chi connectivity index (χ1) is 11.6. The van der Waals surface area contributed by atoms with Gasteiger partial charge in [-0.3, -0.25) is 4.79 Å². The van der Waals surface area contributed by atoms with Gasteiger partial charge in [0.05, 0.1) is 7.11 Å². The Balaban J connectivity index is 1.83. The van der Waals surface area contributed by atoms with Crippen LogP contribution in [0.15, 0.2) is 59.1 Å². The van der Waals surface area contributed by atoms with Gasteiger partial charge in [-0.15, -0.1) is 0 Å². The number of ether oxygens (including phenoxy) is 1. The molecule has 0 fully saturated rings. The van der Waals surface area contributed by atoms with Crippen LogP contribution in [0.1, 0.15) is 10.5 Å². The summed E-state index contributed by atoms with van der Waals surface area (Å²) >= 11 is 0. The number of hydrogen-bond donors (Lipinski definition) is 0. The number of hydrogen-bond acceptors (Lipinski definition) is 4. The van der Waals surface area contributed by atoms with Crippen LogP contribution in [0.25, 0.3) is 11.3 Å². The first kappa shape index (κ1) is 15.7. The van der Waals surface area contributed by atoms with Crippen LogP contribution in [0.5, 0.6) is 5.75 Å². The molecule has 0 N–H and O–H groups in total. The minimum Gasteiger partial charge on any atom is -0.497 e. The zero-order chi connectivity index (χ0) is 17.1. The third-order valence-corrected chi connectivity index (χ3v) is 3.60. The van der Waals surface area contributed by atoms with E-state index in [4.69, 9.17) is 9.26 Å². The summed E-state index contributed by atoms with van der Waals surface area (Å²) in [6, 6.07) is 14.4. The highest BCUT2D eigenvalue weighted by Gasteiger charge is 2.19. The number of amides is 1. The van der Waals surface area contributed by atoms with Gasteiger partial charge in [0.2, 0.25) is 0 Å². The number of aromatic nitrogens is 1. The molecule has 122 valence electrons. The Labute approximate surface area is 138 Å². The second-order valence-electron chi connectivity index (χ2n) is 5.15. The fourth-order valence-corrected chi connectivity index (χ4v) is 2.23. The Hall–Kier alpha value is -3.15.